The summed E-state index contributed by atoms with van der Waals surface area (Å²) in [5, 5.41) is 39.2. The number of hydrogen-bond donors (Lipinski definition) is 3. The van der Waals surface area contributed by atoms with Crippen molar-refractivity contribution in [2.24, 2.45) is 10.8 Å². The van der Waals surface area contributed by atoms with Crippen LogP contribution in [0.2, 0.25) is 5.02 Å². The lowest BCUT2D eigenvalue weighted by atomic mass is 9.63. The zero-order valence-corrected chi connectivity index (χ0v) is 48.5. The summed E-state index contributed by atoms with van der Waals surface area (Å²) in [6.45, 7) is 12.9. The minimum atomic E-state index is -0.842. The van der Waals surface area contributed by atoms with Gasteiger partial charge >= 0.3 is 0 Å². The topological polar surface area (TPSA) is 249 Å². The highest BCUT2D eigenvalue weighted by molar-refractivity contribution is 7.16. The molecule has 1 spiro atoms. The SMILES string of the molecule is Cc1ncsc1-c1ccc([C@H](C)NC(=O)[C@@H]2C[C@@H](O)CN2C(=O)[C@@H](n2cc(C3CCN(CC4(COc5cc(Oc6cncc(Cl)c6)nc(-c6noc7c6CCC[C@@]76CCCc7sc(N)c(C#N)c76)n5)CC4)CC3)nn2)C(C)(C)C)cc1. The van der Waals surface area contributed by atoms with E-state index in [-0.39, 0.29) is 48.0 Å². The molecule has 0 unspecified atom stereocenters. The second-order valence-corrected chi connectivity index (χ2v) is 26.4. The first-order valence-electron chi connectivity index (χ1n) is 28.0. The molecule has 19 nitrogen and oxygen atoms in total. The molecule has 4 N–H and O–H groups in total. The van der Waals surface area contributed by atoms with Gasteiger partial charge in [-0.05, 0) is 113 Å². The molecule has 0 bridgehead atoms. The number of rotatable bonds is 15. The van der Waals surface area contributed by atoms with Crippen LogP contribution in [0.15, 0.2) is 65.0 Å². The van der Waals surface area contributed by atoms with E-state index < -0.39 is 29.0 Å². The molecule has 3 aliphatic carbocycles. The Bertz CT molecular complexity index is 3530. The number of likely N-dealkylation sites (tertiary alicyclic amines) is 2. The quantitative estimate of drug-likeness (QED) is 0.0864. The van der Waals surface area contributed by atoms with E-state index in [1.165, 1.54) is 22.4 Å². The highest BCUT2D eigenvalue weighted by atomic mass is 35.5. The zero-order valence-electron chi connectivity index (χ0n) is 46.2. The van der Waals surface area contributed by atoms with Crippen molar-refractivity contribution in [2.45, 2.75) is 141 Å². The maximum Gasteiger partial charge on any atom is 0.248 e. The lowest BCUT2D eigenvalue weighted by Crippen LogP contribution is -2.50. The maximum atomic E-state index is 14.7. The summed E-state index contributed by atoms with van der Waals surface area (Å²) in [6, 6.07) is 11.9. The number of nitriles is 1. The molecule has 5 atom stereocenters. The van der Waals surface area contributed by atoms with Gasteiger partial charge in [0.1, 0.15) is 28.9 Å². The molecule has 0 radical (unpaired) electrons. The number of aryl methyl sites for hydroxylation is 2. The summed E-state index contributed by atoms with van der Waals surface area (Å²) in [6.07, 6.45) is 13.1. The lowest BCUT2D eigenvalue weighted by Gasteiger charge is -2.39. The number of pyridine rings is 1. The highest BCUT2D eigenvalue weighted by Gasteiger charge is 2.50. The van der Waals surface area contributed by atoms with E-state index in [0.29, 0.717) is 51.8 Å². The third-order valence-corrected chi connectivity index (χ3v) is 19.5. The van der Waals surface area contributed by atoms with Gasteiger partial charge in [-0.25, -0.2) is 9.67 Å². The van der Waals surface area contributed by atoms with E-state index in [9.17, 15) is 20.0 Å². The van der Waals surface area contributed by atoms with E-state index in [4.69, 9.17) is 41.3 Å². The number of carbonyl (C=O) groups is 2. The van der Waals surface area contributed by atoms with Crippen molar-refractivity contribution in [1.29, 1.82) is 5.26 Å². The number of thiophene rings is 1. The molecule has 6 aromatic heterocycles. The van der Waals surface area contributed by atoms with Gasteiger partial charge in [0, 0.05) is 59.7 Å². The monoisotopic (exact) mass is 1150 g/mol. The van der Waals surface area contributed by atoms with Gasteiger partial charge in [-0.3, -0.25) is 14.6 Å². The number of benzene rings is 1. The largest absolute Gasteiger partial charge is 0.477 e. The van der Waals surface area contributed by atoms with Gasteiger partial charge in [0.25, 0.3) is 0 Å². The van der Waals surface area contributed by atoms with E-state index >= 15 is 0 Å². The summed E-state index contributed by atoms with van der Waals surface area (Å²) in [5.74, 6) is 1.64. The molecule has 3 fully saturated rings. The predicted octanol–water partition coefficient (Wildman–Crippen LogP) is 9.93. The summed E-state index contributed by atoms with van der Waals surface area (Å²) in [4.78, 5) is 53.4. The number of ether oxygens (including phenoxy) is 2. The van der Waals surface area contributed by atoms with Crippen molar-refractivity contribution in [3.63, 3.8) is 0 Å². The van der Waals surface area contributed by atoms with Crippen LogP contribution in [0.5, 0.6) is 17.5 Å². The fourth-order valence-electron chi connectivity index (χ4n) is 12.9. The number of amides is 2. The molecule has 7 aromatic rings. The van der Waals surface area contributed by atoms with Gasteiger partial charge < -0.3 is 40.0 Å². The van der Waals surface area contributed by atoms with Gasteiger partial charge in [-0.15, -0.1) is 27.8 Å². The van der Waals surface area contributed by atoms with Crippen molar-refractivity contribution >= 4 is 51.1 Å². The lowest BCUT2D eigenvalue weighted by molar-refractivity contribution is -0.144. The molecule has 1 aromatic carbocycles. The highest BCUT2D eigenvalue weighted by Crippen LogP contribution is 2.55. The molecule has 81 heavy (non-hydrogen) atoms. The number of nitrogen functional groups attached to an aromatic ring is 1. The van der Waals surface area contributed by atoms with Crippen LogP contribution in [-0.4, -0.2) is 112 Å². The Morgan fingerprint density at radius 2 is 1.83 bits per heavy atom. The van der Waals surface area contributed by atoms with Crippen molar-refractivity contribution in [3.8, 4) is 45.5 Å². The summed E-state index contributed by atoms with van der Waals surface area (Å²) in [7, 11) is 0. The number of aromatic nitrogens is 8. The smallest absolute Gasteiger partial charge is 0.248 e. The number of anilines is 1. The number of halogens is 1. The van der Waals surface area contributed by atoms with E-state index in [1.54, 1.807) is 34.3 Å². The number of aliphatic hydroxyl groups excluding tert-OH is 1. The number of nitrogens with two attached hydrogens (primary N) is 1. The Morgan fingerprint density at radius 3 is 2.54 bits per heavy atom. The first-order valence-corrected chi connectivity index (χ1v) is 30.1. The number of hydrogen-bond acceptors (Lipinski definition) is 18. The average Bonchev–Trinajstić information content (AvgIpc) is 4.11. The predicted molar refractivity (Wildman–Crippen MR) is 306 cm³/mol. The van der Waals surface area contributed by atoms with Crippen LogP contribution in [0.25, 0.3) is 22.0 Å². The molecule has 2 aliphatic heterocycles. The number of nitrogens with zero attached hydrogens (tertiary/aromatic N) is 11. The Hall–Kier alpha value is -6.83. The number of nitrogens with one attached hydrogen (secondary N) is 1. The molecule has 1 saturated carbocycles. The Kier molecular flexibility index (Phi) is 14.7. The second-order valence-electron chi connectivity index (χ2n) is 23.9. The van der Waals surface area contributed by atoms with Gasteiger partial charge in [-0.1, -0.05) is 67.0 Å². The Morgan fingerprint density at radius 1 is 1.06 bits per heavy atom. The number of thiazole rings is 1. The van der Waals surface area contributed by atoms with E-state index in [1.807, 2.05) is 70.6 Å². The molecule has 422 valence electrons. The molecule has 8 heterocycles. The van der Waals surface area contributed by atoms with Crippen molar-refractivity contribution < 1.29 is 28.7 Å². The molecule has 12 rings (SSSR count). The minimum absolute atomic E-state index is 0.0515. The molecule has 2 saturated heterocycles. The first kappa shape index (κ1) is 54.7. The van der Waals surface area contributed by atoms with Crippen LogP contribution < -0.4 is 20.5 Å². The van der Waals surface area contributed by atoms with Crippen molar-refractivity contribution in [1.82, 2.24) is 55.2 Å². The first-order chi connectivity index (χ1) is 39.0. The third-order valence-electron chi connectivity index (χ3n) is 17.2. The minimum Gasteiger partial charge on any atom is -0.477 e. The Labute approximate surface area is 483 Å². The van der Waals surface area contributed by atoms with Crippen LogP contribution in [-0.2, 0) is 27.8 Å². The van der Waals surface area contributed by atoms with Crippen LogP contribution in [0, 0.1) is 29.1 Å². The summed E-state index contributed by atoms with van der Waals surface area (Å²) in [5.41, 5.74) is 13.9. The summed E-state index contributed by atoms with van der Waals surface area (Å²) < 4.78 is 20.9. The third kappa shape index (κ3) is 10.8. The number of carbonyl (C=O) groups excluding carboxylic acids is 2. The van der Waals surface area contributed by atoms with E-state index in [2.05, 4.69) is 41.7 Å². The van der Waals surface area contributed by atoms with Crippen LogP contribution in [0.1, 0.15) is 148 Å². The number of aliphatic hydroxyl groups is 1. The molecular weight excluding hydrogens is 1090 g/mol. The number of fused-ring (bicyclic) bond motifs is 4. The van der Waals surface area contributed by atoms with Gasteiger partial charge in [0.2, 0.25) is 23.6 Å². The number of β-amino-alcohol motifs (C(OH)–C–C–N with tert-alkyl or cyclic N) is 1. The molecule has 5 aliphatic rings. The van der Waals surface area contributed by atoms with Crippen LogP contribution in [0.3, 0.4) is 0 Å². The van der Waals surface area contributed by atoms with Gasteiger partial charge in [0.05, 0.1) is 68.8 Å². The standard InChI is InChI=1S/C59H66ClN13O6S2/c1-33(35-10-12-37(13-11-35)50-34(2)64-32-80-50)65-55(75)44-23-39(74)28-72(44)56(76)51(57(3,4)5)73-29-43(68-70-73)36-14-20-71(21-15-36)30-58(18-19-58)31-77-46-24-47(78-40-22-38(60)26-63-27-40)67-54(66-46)49-41-8-6-16-59(52(41)79-69-49)17-7-9-45-48(59)42(25-61)53(62)81-45/h10-13,22,24,26-27,29,32-33,36,39,44,51,74H,6-9,14-21,23,28,30-31,62H2,1-5H3,(H,65,75)/t33-,39+,44-,51+,59-/m0/s1. The summed E-state index contributed by atoms with van der Waals surface area (Å²) >= 11 is 9.41. The van der Waals surface area contributed by atoms with E-state index in [0.717, 1.165) is 127 Å². The molecule has 2 amide bonds. The van der Waals surface area contributed by atoms with Crippen molar-refractivity contribution in [3.05, 3.63) is 110 Å². The normalized spacial score (nSPS) is 21.5. The van der Waals surface area contributed by atoms with Crippen LogP contribution in [0.4, 0.5) is 5.00 Å². The fourth-order valence-corrected chi connectivity index (χ4v) is 15.0. The molecule has 22 heteroatoms. The second kappa shape index (κ2) is 21.8. The van der Waals surface area contributed by atoms with Crippen LogP contribution >= 0.6 is 34.3 Å². The molecular formula is C59H66ClN13O6S2. The van der Waals surface area contributed by atoms with Gasteiger partial charge in [-0.2, -0.15) is 15.2 Å². The average molecular weight is 1150 g/mol. The number of piperidine rings is 1. The fraction of sp³-hybridized carbons (Fsp3) is 0.492. The van der Waals surface area contributed by atoms with Crippen molar-refractivity contribution in [2.75, 3.05) is 38.5 Å². The maximum absolute atomic E-state index is 14.7. The van der Waals surface area contributed by atoms with Gasteiger partial charge in [0.15, 0.2) is 17.3 Å². The Balaban J connectivity index is 0.700. The zero-order chi connectivity index (χ0) is 56.4.